The Hall–Kier alpha value is -0.690. The van der Waals surface area contributed by atoms with Crippen LogP contribution in [0, 0.1) is 0 Å². The van der Waals surface area contributed by atoms with E-state index in [9.17, 15) is 4.79 Å². The molecular weight excluding hydrogens is 364 g/mol. The van der Waals surface area contributed by atoms with Crippen LogP contribution in [-0.4, -0.2) is 52.3 Å². The number of aromatic nitrogens is 2. The average molecular weight is 378 g/mol. The standard InChI is InChI=1S/C11H14Br2N4O/c12-2-1-10(18)16-3-5-17(6-4-16)11-14-7-9(13)8-15-11/h7-8H,1-6H2. The van der Waals surface area contributed by atoms with E-state index in [2.05, 4.69) is 46.7 Å². The zero-order valence-corrected chi connectivity index (χ0v) is 13.0. The maximum atomic E-state index is 11.7. The molecule has 1 aliphatic heterocycles. The first-order valence-electron chi connectivity index (χ1n) is 5.77. The van der Waals surface area contributed by atoms with Gasteiger partial charge in [0.05, 0.1) is 4.47 Å². The molecule has 0 atom stereocenters. The molecule has 1 aromatic heterocycles. The van der Waals surface area contributed by atoms with Crippen LogP contribution in [0.4, 0.5) is 5.95 Å². The van der Waals surface area contributed by atoms with Gasteiger partial charge >= 0.3 is 0 Å². The van der Waals surface area contributed by atoms with Gasteiger partial charge in [0, 0.05) is 50.3 Å². The monoisotopic (exact) mass is 376 g/mol. The van der Waals surface area contributed by atoms with Crippen LogP contribution in [0.15, 0.2) is 16.9 Å². The van der Waals surface area contributed by atoms with Crippen molar-refractivity contribution in [2.24, 2.45) is 0 Å². The van der Waals surface area contributed by atoms with Crippen LogP contribution >= 0.6 is 31.9 Å². The summed E-state index contributed by atoms with van der Waals surface area (Å²) in [6.45, 7) is 3.06. The van der Waals surface area contributed by atoms with Gasteiger partial charge < -0.3 is 9.80 Å². The van der Waals surface area contributed by atoms with E-state index in [1.807, 2.05) is 4.90 Å². The quantitative estimate of drug-likeness (QED) is 0.752. The Bertz CT molecular complexity index is 404. The lowest BCUT2D eigenvalue weighted by Gasteiger charge is -2.34. The Labute approximate surface area is 123 Å². The van der Waals surface area contributed by atoms with Crippen molar-refractivity contribution in [1.29, 1.82) is 0 Å². The van der Waals surface area contributed by atoms with E-state index in [-0.39, 0.29) is 5.91 Å². The maximum absolute atomic E-state index is 11.7. The highest BCUT2D eigenvalue weighted by Gasteiger charge is 2.21. The van der Waals surface area contributed by atoms with Gasteiger partial charge in [-0.3, -0.25) is 4.79 Å². The van der Waals surface area contributed by atoms with E-state index in [1.54, 1.807) is 12.4 Å². The summed E-state index contributed by atoms with van der Waals surface area (Å²) in [7, 11) is 0. The predicted molar refractivity (Wildman–Crippen MR) is 76.9 cm³/mol. The molecule has 98 valence electrons. The van der Waals surface area contributed by atoms with E-state index in [0.29, 0.717) is 6.42 Å². The van der Waals surface area contributed by atoms with Gasteiger partial charge in [-0.2, -0.15) is 0 Å². The van der Waals surface area contributed by atoms with Crippen molar-refractivity contribution < 1.29 is 4.79 Å². The summed E-state index contributed by atoms with van der Waals surface area (Å²) in [5.41, 5.74) is 0. The van der Waals surface area contributed by atoms with E-state index in [0.717, 1.165) is 41.9 Å². The van der Waals surface area contributed by atoms with Gasteiger partial charge in [0.25, 0.3) is 0 Å². The van der Waals surface area contributed by atoms with E-state index in [4.69, 9.17) is 0 Å². The number of alkyl halides is 1. The molecule has 1 fully saturated rings. The molecule has 1 saturated heterocycles. The molecule has 0 N–H and O–H groups in total. The molecule has 0 unspecified atom stereocenters. The minimum Gasteiger partial charge on any atom is -0.339 e. The fourth-order valence-corrected chi connectivity index (χ4v) is 2.41. The Morgan fingerprint density at radius 3 is 2.39 bits per heavy atom. The predicted octanol–water partition coefficient (Wildman–Crippen LogP) is 1.67. The van der Waals surface area contributed by atoms with Crippen LogP contribution in [-0.2, 0) is 4.79 Å². The molecule has 1 aromatic rings. The van der Waals surface area contributed by atoms with Gasteiger partial charge in [-0.15, -0.1) is 0 Å². The van der Waals surface area contributed by atoms with Gasteiger partial charge in [0.2, 0.25) is 11.9 Å². The Morgan fingerprint density at radius 2 is 1.83 bits per heavy atom. The van der Waals surface area contributed by atoms with Crippen LogP contribution in [0.1, 0.15) is 6.42 Å². The summed E-state index contributed by atoms with van der Waals surface area (Å²) in [5, 5.41) is 0.724. The summed E-state index contributed by atoms with van der Waals surface area (Å²) < 4.78 is 0.873. The van der Waals surface area contributed by atoms with Gasteiger partial charge in [-0.05, 0) is 15.9 Å². The highest BCUT2D eigenvalue weighted by atomic mass is 79.9. The number of halogens is 2. The molecule has 0 saturated carbocycles. The number of carbonyl (C=O) groups is 1. The molecule has 0 aromatic carbocycles. The molecule has 2 heterocycles. The number of piperazine rings is 1. The minimum absolute atomic E-state index is 0.211. The van der Waals surface area contributed by atoms with Crippen LogP contribution in [0.25, 0.3) is 0 Å². The molecule has 0 radical (unpaired) electrons. The molecule has 5 nitrogen and oxygen atoms in total. The fourth-order valence-electron chi connectivity index (χ4n) is 1.86. The molecule has 7 heteroatoms. The average Bonchev–Trinajstić information content (AvgIpc) is 2.40. The minimum atomic E-state index is 0.211. The summed E-state index contributed by atoms with van der Waals surface area (Å²) >= 11 is 6.60. The summed E-state index contributed by atoms with van der Waals surface area (Å²) in [6.07, 6.45) is 4.05. The molecule has 18 heavy (non-hydrogen) atoms. The van der Waals surface area contributed by atoms with Crippen molar-refractivity contribution in [2.45, 2.75) is 6.42 Å². The van der Waals surface area contributed by atoms with Crippen LogP contribution < -0.4 is 4.90 Å². The third-order valence-corrected chi connectivity index (χ3v) is 3.64. The zero-order valence-electron chi connectivity index (χ0n) is 9.85. The SMILES string of the molecule is O=C(CCBr)N1CCN(c2ncc(Br)cn2)CC1. The summed E-state index contributed by atoms with van der Waals surface area (Å²) in [6, 6.07) is 0. The van der Waals surface area contributed by atoms with Crippen molar-refractivity contribution in [2.75, 3.05) is 36.4 Å². The largest absolute Gasteiger partial charge is 0.339 e. The Morgan fingerprint density at radius 1 is 1.22 bits per heavy atom. The lowest BCUT2D eigenvalue weighted by molar-refractivity contribution is -0.131. The zero-order chi connectivity index (χ0) is 13.0. The van der Waals surface area contributed by atoms with Crippen molar-refractivity contribution in [3.63, 3.8) is 0 Å². The van der Waals surface area contributed by atoms with Gasteiger partial charge in [0.1, 0.15) is 0 Å². The third kappa shape index (κ3) is 3.41. The molecule has 0 spiro atoms. The van der Waals surface area contributed by atoms with Gasteiger partial charge in [-0.25, -0.2) is 9.97 Å². The third-order valence-electron chi connectivity index (χ3n) is 2.83. The number of hydrogen-bond acceptors (Lipinski definition) is 4. The highest BCUT2D eigenvalue weighted by molar-refractivity contribution is 9.10. The number of carbonyl (C=O) groups excluding carboxylic acids is 1. The normalized spacial score (nSPS) is 15.9. The van der Waals surface area contributed by atoms with Crippen molar-refractivity contribution in [1.82, 2.24) is 14.9 Å². The molecule has 0 aliphatic carbocycles. The maximum Gasteiger partial charge on any atom is 0.225 e. The second kappa shape index (κ2) is 6.47. The van der Waals surface area contributed by atoms with E-state index in [1.165, 1.54) is 0 Å². The fraction of sp³-hybridized carbons (Fsp3) is 0.545. The number of anilines is 1. The lowest BCUT2D eigenvalue weighted by Crippen LogP contribution is -2.49. The van der Waals surface area contributed by atoms with E-state index < -0.39 is 0 Å². The molecule has 1 aliphatic rings. The molecule has 2 rings (SSSR count). The lowest BCUT2D eigenvalue weighted by atomic mass is 10.3. The molecule has 1 amide bonds. The van der Waals surface area contributed by atoms with Crippen LogP contribution in [0.5, 0.6) is 0 Å². The summed E-state index contributed by atoms with van der Waals surface area (Å²) in [5.74, 6) is 0.939. The molecule has 0 bridgehead atoms. The van der Waals surface area contributed by atoms with Gasteiger partial charge in [0.15, 0.2) is 0 Å². The van der Waals surface area contributed by atoms with Gasteiger partial charge in [-0.1, -0.05) is 15.9 Å². The van der Waals surface area contributed by atoms with E-state index >= 15 is 0 Å². The Balaban J connectivity index is 1.90. The first kappa shape index (κ1) is 13.7. The highest BCUT2D eigenvalue weighted by Crippen LogP contribution is 2.13. The summed E-state index contributed by atoms with van der Waals surface area (Å²) in [4.78, 5) is 24.3. The number of hydrogen-bond donors (Lipinski definition) is 0. The van der Waals surface area contributed by atoms with Crippen LogP contribution in [0.2, 0.25) is 0 Å². The van der Waals surface area contributed by atoms with Crippen LogP contribution in [0.3, 0.4) is 0 Å². The molecular formula is C11H14Br2N4O. The number of nitrogens with zero attached hydrogens (tertiary/aromatic N) is 4. The second-order valence-electron chi connectivity index (χ2n) is 4.01. The number of amides is 1. The first-order valence-corrected chi connectivity index (χ1v) is 7.68. The van der Waals surface area contributed by atoms with Crippen molar-refractivity contribution >= 4 is 43.7 Å². The van der Waals surface area contributed by atoms with Crippen molar-refractivity contribution in [3.05, 3.63) is 16.9 Å². The Kier molecular flexibility index (Phi) is 4.94. The first-order chi connectivity index (χ1) is 8.70. The van der Waals surface area contributed by atoms with Crippen molar-refractivity contribution in [3.8, 4) is 0 Å². The number of rotatable bonds is 3. The second-order valence-corrected chi connectivity index (χ2v) is 5.72. The smallest absolute Gasteiger partial charge is 0.225 e. The topological polar surface area (TPSA) is 49.3 Å².